The molecule has 1 aliphatic heterocycles. The summed E-state index contributed by atoms with van der Waals surface area (Å²) in [6.07, 6.45) is 6.80. The Morgan fingerprint density at radius 1 is 1.35 bits per heavy atom. The molecule has 5 nitrogen and oxygen atoms in total. The minimum atomic E-state index is 0.269. The Morgan fingerprint density at radius 2 is 2.05 bits per heavy atom. The van der Waals surface area contributed by atoms with E-state index in [0.29, 0.717) is 12.6 Å². The van der Waals surface area contributed by atoms with Crippen LogP contribution in [0.4, 0.5) is 0 Å². The van der Waals surface area contributed by atoms with Gasteiger partial charge in [-0.2, -0.15) is 5.10 Å². The number of likely N-dealkylation sites (N-methyl/N-ethyl adjacent to an activating group) is 1. The summed E-state index contributed by atoms with van der Waals surface area (Å²) in [5, 5.41) is 4.43. The summed E-state index contributed by atoms with van der Waals surface area (Å²) in [6.45, 7) is 9.65. The first-order valence-corrected chi connectivity index (χ1v) is 7.78. The average molecular weight is 279 g/mol. The highest BCUT2D eigenvalue weighted by molar-refractivity contribution is 5.11. The van der Waals surface area contributed by atoms with E-state index in [0.717, 1.165) is 13.1 Å². The fourth-order valence-corrected chi connectivity index (χ4v) is 2.84. The van der Waals surface area contributed by atoms with Gasteiger partial charge in [-0.3, -0.25) is 9.58 Å². The average Bonchev–Trinajstić information content (AvgIpc) is 3.08. The maximum atomic E-state index is 5.98. The van der Waals surface area contributed by atoms with E-state index < -0.39 is 0 Å². The molecule has 1 saturated heterocycles. The molecule has 1 atom stereocenters. The first-order chi connectivity index (χ1) is 9.61. The van der Waals surface area contributed by atoms with Crippen LogP contribution in [0.25, 0.3) is 0 Å². The Kier molecular flexibility index (Phi) is 5.57. The lowest BCUT2D eigenvalue weighted by Crippen LogP contribution is -2.36. The monoisotopic (exact) mass is 279 g/mol. The first kappa shape index (κ1) is 15.5. The van der Waals surface area contributed by atoms with Crippen molar-refractivity contribution in [3.8, 4) is 0 Å². The van der Waals surface area contributed by atoms with E-state index in [9.17, 15) is 0 Å². The van der Waals surface area contributed by atoms with E-state index >= 15 is 0 Å². The smallest absolute Gasteiger partial charge is 0.0538 e. The fraction of sp³-hybridized carbons (Fsp3) is 0.800. The molecule has 0 spiro atoms. The summed E-state index contributed by atoms with van der Waals surface area (Å²) in [5.41, 5.74) is 7.21. The molecular formula is C15H29N5. The van der Waals surface area contributed by atoms with Crippen LogP contribution in [0, 0.1) is 0 Å². The van der Waals surface area contributed by atoms with Gasteiger partial charge in [-0.1, -0.05) is 0 Å². The van der Waals surface area contributed by atoms with E-state index in [1.54, 1.807) is 0 Å². The summed E-state index contributed by atoms with van der Waals surface area (Å²) in [4.78, 5) is 4.90. The molecule has 1 aromatic heterocycles. The second-order valence-electron chi connectivity index (χ2n) is 6.13. The van der Waals surface area contributed by atoms with E-state index in [2.05, 4.69) is 42.0 Å². The molecule has 5 heteroatoms. The number of hydrogen-bond acceptors (Lipinski definition) is 4. The van der Waals surface area contributed by atoms with Crippen molar-refractivity contribution in [3.63, 3.8) is 0 Å². The van der Waals surface area contributed by atoms with Crippen molar-refractivity contribution in [2.45, 2.75) is 38.8 Å². The third-order valence-corrected chi connectivity index (χ3v) is 4.26. The van der Waals surface area contributed by atoms with Crippen LogP contribution < -0.4 is 5.73 Å². The Bertz CT molecular complexity index is 395. The molecule has 2 rings (SSSR count). The third kappa shape index (κ3) is 3.81. The fourth-order valence-electron chi connectivity index (χ4n) is 2.84. The van der Waals surface area contributed by atoms with Crippen LogP contribution in [0.15, 0.2) is 12.4 Å². The second kappa shape index (κ2) is 7.20. The van der Waals surface area contributed by atoms with Crippen LogP contribution in [0.5, 0.6) is 0 Å². The molecule has 20 heavy (non-hydrogen) atoms. The predicted octanol–water partition coefficient (Wildman–Crippen LogP) is 1.49. The minimum absolute atomic E-state index is 0.269. The van der Waals surface area contributed by atoms with E-state index in [4.69, 9.17) is 5.73 Å². The van der Waals surface area contributed by atoms with Gasteiger partial charge in [-0.25, -0.2) is 0 Å². The molecule has 1 aliphatic rings. The van der Waals surface area contributed by atoms with Gasteiger partial charge in [-0.05, 0) is 46.8 Å². The zero-order valence-corrected chi connectivity index (χ0v) is 13.1. The summed E-state index contributed by atoms with van der Waals surface area (Å²) < 4.78 is 2.01. The van der Waals surface area contributed by atoms with Crippen molar-refractivity contribution >= 4 is 0 Å². The molecule has 114 valence electrons. The molecule has 1 fully saturated rings. The van der Waals surface area contributed by atoms with E-state index in [1.165, 1.54) is 31.5 Å². The SMILES string of the molecule is CC(C)n1cc(C(CN)N(C)CCN2CCCC2)cn1. The number of nitrogens with zero attached hydrogens (tertiary/aromatic N) is 4. The normalized spacial score (nSPS) is 18.3. The number of nitrogens with two attached hydrogens (primary N) is 1. The molecular weight excluding hydrogens is 250 g/mol. The van der Waals surface area contributed by atoms with E-state index in [-0.39, 0.29) is 6.04 Å². The first-order valence-electron chi connectivity index (χ1n) is 7.78. The van der Waals surface area contributed by atoms with Gasteiger partial charge in [0.2, 0.25) is 0 Å². The lowest BCUT2D eigenvalue weighted by Gasteiger charge is -2.28. The number of likely N-dealkylation sites (tertiary alicyclic amines) is 1. The second-order valence-corrected chi connectivity index (χ2v) is 6.13. The van der Waals surface area contributed by atoms with Crippen LogP contribution in [-0.4, -0.2) is 59.4 Å². The van der Waals surface area contributed by atoms with Crippen molar-refractivity contribution < 1.29 is 0 Å². The molecule has 0 saturated carbocycles. The Labute approximate surface area is 122 Å². The molecule has 0 amide bonds. The van der Waals surface area contributed by atoms with Crippen LogP contribution in [0.1, 0.15) is 44.3 Å². The van der Waals surface area contributed by atoms with Gasteiger partial charge in [0, 0.05) is 43.5 Å². The molecule has 2 heterocycles. The van der Waals surface area contributed by atoms with E-state index in [1.807, 2.05) is 10.9 Å². The van der Waals surface area contributed by atoms with Crippen molar-refractivity contribution in [1.29, 1.82) is 0 Å². The maximum Gasteiger partial charge on any atom is 0.0538 e. The van der Waals surface area contributed by atoms with Gasteiger partial charge in [0.25, 0.3) is 0 Å². The number of rotatable bonds is 7. The van der Waals surface area contributed by atoms with Gasteiger partial charge in [0.15, 0.2) is 0 Å². The van der Waals surface area contributed by atoms with Crippen molar-refractivity contribution in [2.24, 2.45) is 5.73 Å². The maximum absolute atomic E-state index is 5.98. The largest absolute Gasteiger partial charge is 0.329 e. The van der Waals surface area contributed by atoms with Crippen LogP contribution in [0.3, 0.4) is 0 Å². The standard InChI is InChI=1S/C15H29N5/c1-13(2)20-12-14(11-17-20)15(10-16)18(3)8-9-19-6-4-5-7-19/h11-13,15H,4-10,16H2,1-3H3. The molecule has 0 bridgehead atoms. The summed E-state index contributed by atoms with van der Waals surface area (Å²) >= 11 is 0. The van der Waals surface area contributed by atoms with Crippen LogP contribution in [-0.2, 0) is 0 Å². The van der Waals surface area contributed by atoms with Crippen LogP contribution in [0.2, 0.25) is 0 Å². The Balaban J connectivity index is 1.91. The topological polar surface area (TPSA) is 50.3 Å². The summed E-state index contributed by atoms with van der Waals surface area (Å²) in [7, 11) is 2.17. The highest BCUT2D eigenvalue weighted by atomic mass is 15.3. The molecule has 1 aromatic rings. The number of aromatic nitrogens is 2. The summed E-state index contributed by atoms with van der Waals surface area (Å²) in [5.74, 6) is 0. The molecule has 0 aliphatic carbocycles. The van der Waals surface area contributed by atoms with Gasteiger partial charge in [0.05, 0.1) is 6.20 Å². The molecule has 0 radical (unpaired) electrons. The Morgan fingerprint density at radius 3 is 2.60 bits per heavy atom. The van der Waals surface area contributed by atoms with Gasteiger partial charge in [0.1, 0.15) is 0 Å². The molecule has 2 N–H and O–H groups in total. The third-order valence-electron chi connectivity index (χ3n) is 4.26. The van der Waals surface area contributed by atoms with Crippen molar-refractivity contribution in [2.75, 3.05) is 39.8 Å². The minimum Gasteiger partial charge on any atom is -0.329 e. The van der Waals surface area contributed by atoms with Gasteiger partial charge >= 0.3 is 0 Å². The quantitative estimate of drug-likeness (QED) is 0.821. The predicted molar refractivity (Wildman–Crippen MR) is 82.7 cm³/mol. The lowest BCUT2D eigenvalue weighted by atomic mass is 10.1. The number of hydrogen-bond donors (Lipinski definition) is 1. The molecule has 1 unspecified atom stereocenters. The zero-order chi connectivity index (χ0) is 14.5. The van der Waals surface area contributed by atoms with Gasteiger partial charge < -0.3 is 10.6 Å². The zero-order valence-electron chi connectivity index (χ0n) is 13.1. The van der Waals surface area contributed by atoms with Crippen molar-refractivity contribution in [3.05, 3.63) is 18.0 Å². The highest BCUT2D eigenvalue weighted by Crippen LogP contribution is 2.19. The van der Waals surface area contributed by atoms with Gasteiger partial charge in [-0.15, -0.1) is 0 Å². The Hall–Kier alpha value is -0.910. The lowest BCUT2D eigenvalue weighted by molar-refractivity contribution is 0.209. The molecule has 0 aromatic carbocycles. The van der Waals surface area contributed by atoms with Crippen LogP contribution >= 0.6 is 0 Å². The highest BCUT2D eigenvalue weighted by Gasteiger charge is 2.19. The van der Waals surface area contributed by atoms with Crippen molar-refractivity contribution in [1.82, 2.24) is 19.6 Å². The summed E-state index contributed by atoms with van der Waals surface area (Å²) in [6, 6.07) is 0.669.